The summed E-state index contributed by atoms with van der Waals surface area (Å²) in [6.45, 7) is 15.6. The SMILES string of the molecule is Brc1cc2sc3cc(Br)sc3c2s1.C.C.C.C.C#CCCCCCCCCCOC(=O)C=C.C=CC(=O)OCCCCCCCCCC#Cc1cc2sc3cc(C#CCCCCCCCCCOC(=O)C=C)sc3c2s1.C=CC(=O)OCCCCCCCCCc1cc2sc3cc(Br)sc3c2s1. The number of unbranched alkanes of at least 4 members (excludes halogenated alkanes) is 27. The molecule has 0 radical (unpaired) electrons. The van der Waals surface area contributed by atoms with Gasteiger partial charge in [0.2, 0.25) is 0 Å². The van der Waals surface area contributed by atoms with E-state index in [0.29, 0.717) is 26.4 Å². The third-order valence-electron chi connectivity index (χ3n) is 15.4. The fourth-order valence-electron chi connectivity index (χ4n) is 10.3. The first kappa shape index (κ1) is 93.9. The van der Waals surface area contributed by atoms with E-state index in [0.717, 1.165) is 99.6 Å². The lowest BCUT2D eigenvalue weighted by Gasteiger charge is -2.03. The van der Waals surface area contributed by atoms with Crippen LogP contribution in [0.15, 0.2) is 98.4 Å². The molecule has 20 heteroatoms. The number of thiophene rings is 9. The fourth-order valence-corrected chi connectivity index (χ4v) is 24.0. The van der Waals surface area contributed by atoms with E-state index in [4.69, 9.17) is 25.4 Å². The number of aryl methyl sites for hydroxylation is 1. The predicted molar refractivity (Wildman–Crippen MR) is 469 cm³/mol. The normalized spacial score (nSPS) is 10.4. The minimum Gasteiger partial charge on any atom is -0.463 e. The Balaban J connectivity index is 0.000000506. The van der Waals surface area contributed by atoms with E-state index < -0.39 is 0 Å². The molecule has 0 bridgehead atoms. The van der Waals surface area contributed by atoms with Crippen LogP contribution in [-0.4, -0.2) is 50.3 Å². The summed E-state index contributed by atoms with van der Waals surface area (Å²) in [4.78, 5) is 47.4. The molecule has 0 saturated heterocycles. The van der Waals surface area contributed by atoms with Crippen molar-refractivity contribution in [3.8, 4) is 36.0 Å². The van der Waals surface area contributed by atoms with Gasteiger partial charge in [-0.15, -0.1) is 114 Å². The second kappa shape index (κ2) is 56.2. The second-order valence-electron chi connectivity index (χ2n) is 23.2. The van der Waals surface area contributed by atoms with Crippen molar-refractivity contribution < 1.29 is 38.1 Å². The van der Waals surface area contributed by atoms with Gasteiger partial charge in [-0.05, 0) is 142 Å². The molecule has 0 spiro atoms. The van der Waals surface area contributed by atoms with E-state index >= 15 is 0 Å². The molecule has 9 heterocycles. The molecule has 0 saturated carbocycles. The van der Waals surface area contributed by atoms with E-state index in [2.05, 4.69) is 140 Å². The lowest BCUT2D eigenvalue weighted by molar-refractivity contribution is -0.138. The van der Waals surface area contributed by atoms with Crippen LogP contribution < -0.4 is 0 Å². The van der Waals surface area contributed by atoms with Crippen molar-refractivity contribution in [2.45, 2.75) is 235 Å². The molecule has 0 aliphatic heterocycles. The third kappa shape index (κ3) is 35.9. The largest absolute Gasteiger partial charge is 0.463 e. The van der Waals surface area contributed by atoms with Crippen LogP contribution in [0.3, 0.4) is 0 Å². The number of esters is 4. The maximum atomic E-state index is 11.0. The lowest BCUT2D eigenvalue weighted by Crippen LogP contribution is -2.01. The van der Waals surface area contributed by atoms with Crippen LogP contribution in [0.4, 0.5) is 0 Å². The number of rotatable bonds is 41. The Morgan fingerprint density at radius 2 is 0.588 bits per heavy atom. The van der Waals surface area contributed by atoms with Gasteiger partial charge in [-0.2, -0.15) is 0 Å². The van der Waals surface area contributed by atoms with Gasteiger partial charge in [-0.1, -0.05) is 208 Å². The van der Waals surface area contributed by atoms with Gasteiger partial charge in [0.05, 0.1) is 75.7 Å². The molecule has 0 fully saturated rings. The van der Waals surface area contributed by atoms with Gasteiger partial charge < -0.3 is 18.9 Å². The van der Waals surface area contributed by atoms with Gasteiger partial charge in [0.25, 0.3) is 0 Å². The minimum absolute atomic E-state index is 0. The Morgan fingerprint density at radius 3 is 0.902 bits per heavy atom. The van der Waals surface area contributed by atoms with Crippen LogP contribution in [0, 0.1) is 36.0 Å². The molecule has 0 amide bonds. The van der Waals surface area contributed by atoms with Crippen molar-refractivity contribution in [2.75, 3.05) is 26.4 Å². The van der Waals surface area contributed by atoms with Crippen LogP contribution in [0.25, 0.3) is 56.4 Å². The van der Waals surface area contributed by atoms with E-state index in [9.17, 15) is 19.2 Å². The van der Waals surface area contributed by atoms with Gasteiger partial charge in [-0.25, -0.2) is 19.2 Å². The van der Waals surface area contributed by atoms with Crippen LogP contribution in [0.1, 0.15) is 243 Å². The Morgan fingerprint density at radius 1 is 0.333 bits per heavy atom. The molecule has 8 nitrogen and oxygen atoms in total. The standard InChI is InChI=1S/C36H44O4S3.C20H23BrO2S3.C14H22O2.C8H2Br2S3.4CH4/c1-3-33(37)39-25-21-17-13-9-5-7-11-15-19-23-29-27-31-35(41-29)36-32(43-31)28-30(42-36)24-20-16-12-8-6-10-14-18-22-26-40-34(38)4-2;1-2-18(22)23-11-9-7-5-3-4-6-8-10-14-12-15-19(24-14)20-16(25-15)13-17(21)26-20;1-3-5-6-7-8-9-10-11-12-13-16-14(15)4-2;9-5-1-3-7(12-5)8-4(11-3)2-6(10)13-8;;;;/h3-4,27-28H,1-2,5-18,21-22,25-26H2;2,12-13H,1,3-11H2;1,4H,2,5-13H2;1-2H;4*1H4. The first-order chi connectivity index (χ1) is 47.8. The Bertz CT molecular complexity index is 3930. The van der Waals surface area contributed by atoms with Gasteiger partial charge in [0, 0.05) is 76.6 Å². The molecule has 9 aromatic heterocycles. The van der Waals surface area contributed by atoms with Crippen LogP contribution >= 0.6 is 150 Å². The maximum Gasteiger partial charge on any atom is 0.330 e. The fraction of sp³-hybridized carbons (Fsp3) is 0.488. The molecule has 0 atom stereocenters. The highest BCUT2D eigenvalue weighted by Gasteiger charge is 2.15. The molecule has 9 rings (SSSR count). The molecular formula is C82H107Br3O8S9. The molecule has 0 unspecified atom stereocenters. The van der Waals surface area contributed by atoms with E-state index in [1.165, 1.54) is 213 Å². The van der Waals surface area contributed by atoms with E-state index in [-0.39, 0.29) is 53.6 Å². The highest BCUT2D eigenvalue weighted by Crippen LogP contribution is 2.48. The zero-order valence-corrected chi connectivity index (χ0v) is 68.3. The average molecular weight is 1750 g/mol. The maximum absolute atomic E-state index is 11.0. The summed E-state index contributed by atoms with van der Waals surface area (Å²) in [6.07, 6.45) is 46.8. The van der Waals surface area contributed by atoms with E-state index in [1.54, 1.807) is 0 Å². The van der Waals surface area contributed by atoms with Gasteiger partial charge in [0.15, 0.2) is 0 Å². The monoisotopic (exact) mass is 1740 g/mol. The van der Waals surface area contributed by atoms with Crippen molar-refractivity contribution in [3.05, 3.63) is 113 Å². The van der Waals surface area contributed by atoms with Crippen molar-refractivity contribution in [1.29, 1.82) is 0 Å². The lowest BCUT2D eigenvalue weighted by atomic mass is 10.1. The van der Waals surface area contributed by atoms with Crippen molar-refractivity contribution >= 4 is 230 Å². The average Bonchev–Trinajstić information content (AvgIpc) is 1.63. The smallest absolute Gasteiger partial charge is 0.330 e. The molecular weight excluding hydrogens is 1640 g/mol. The Hall–Kier alpha value is -4.18. The number of carbonyl (C=O) groups is 4. The summed E-state index contributed by atoms with van der Waals surface area (Å²) in [6, 6.07) is 13.5. The summed E-state index contributed by atoms with van der Waals surface area (Å²) in [5.74, 6) is 14.9. The highest BCUT2D eigenvalue weighted by atomic mass is 79.9. The second-order valence-corrected chi connectivity index (χ2v) is 37.0. The third-order valence-corrected chi connectivity index (χ3v) is 28.1. The number of terminal acetylenes is 1. The summed E-state index contributed by atoms with van der Waals surface area (Å²) in [5, 5.41) is 0. The van der Waals surface area contributed by atoms with Crippen molar-refractivity contribution in [1.82, 2.24) is 0 Å². The van der Waals surface area contributed by atoms with Gasteiger partial charge in [-0.3, -0.25) is 0 Å². The zero-order valence-electron chi connectivity index (χ0n) is 56.2. The number of halogens is 3. The molecule has 9 aromatic rings. The predicted octanol–water partition coefficient (Wildman–Crippen LogP) is 30.2. The van der Waals surface area contributed by atoms with Crippen molar-refractivity contribution in [2.24, 2.45) is 0 Å². The molecule has 0 aliphatic rings. The quantitative estimate of drug-likeness (QED) is 0.0123. The van der Waals surface area contributed by atoms with Gasteiger partial charge >= 0.3 is 23.9 Å². The summed E-state index contributed by atoms with van der Waals surface area (Å²) in [5.41, 5.74) is 0. The number of hydrogen-bond donors (Lipinski definition) is 0. The zero-order chi connectivity index (χ0) is 70.0. The van der Waals surface area contributed by atoms with Crippen LogP contribution in [0.2, 0.25) is 0 Å². The molecule has 102 heavy (non-hydrogen) atoms. The molecule has 0 aliphatic carbocycles. The molecule has 0 N–H and O–H groups in total. The highest BCUT2D eigenvalue weighted by molar-refractivity contribution is 9.11. The molecule has 558 valence electrons. The van der Waals surface area contributed by atoms with Crippen molar-refractivity contribution in [3.63, 3.8) is 0 Å². The number of ether oxygens (including phenoxy) is 4. The summed E-state index contributed by atoms with van der Waals surface area (Å²) in [7, 11) is 0. The van der Waals surface area contributed by atoms with Gasteiger partial charge in [0.1, 0.15) is 0 Å². The topological polar surface area (TPSA) is 105 Å². The first-order valence-electron chi connectivity index (χ1n) is 34.2. The van der Waals surface area contributed by atoms with E-state index in [1.807, 2.05) is 102 Å². The minimum atomic E-state index is -0.330. The Kier molecular flexibility index (Phi) is 51.7. The van der Waals surface area contributed by atoms with Crippen LogP contribution in [0.5, 0.6) is 0 Å². The first-order valence-corrected chi connectivity index (χ1v) is 44.0. The number of fused-ring (bicyclic) bond motifs is 9. The number of hydrogen-bond acceptors (Lipinski definition) is 17. The van der Waals surface area contributed by atoms with Crippen LogP contribution in [-0.2, 0) is 44.5 Å². The summed E-state index contributed by atoms with van der Waals surface area (Å²) >= 11 is 27.4. The number of carbonyl (C=O) groups excluding carboxylic acids is 4. The molecule has 0 aromatic carbocycles. The summed E-state index contributed by atoms with van der Waals surface area (Å²) < 4.78 is 40.3. The Labute approximate surface area is 672 Å².